The number of likely N-dealkylation sites (tertiary alicyclic amines) is 2. The molecule has 0 saturated carbocycles. The van der Waals surface area contributed by atoms with Crippen LogP contribution in [0, 0.1) is 6.92 Å². The van der Waals surface area contributed by atoms with Gasteiger partial charge in [-0.1, -0.05) is 0 Å². The van der Waals surface area contributed by atoms with E-state index in [4.69, 9.17) is 0 Å². The fourth-order valence-electron chi connectivity index (χ4n) is 3.59. The van der Waals surface area contributed by atoms with Gasteiger partial charge in [0.25, 0.3) is 5.91 Å². The first-order valence-electron chi connectivity index (χ1n) is 7.47. The van der Waals surface area contributed by atoms with Crippen molar-refractivity contribution < 1.29 is 4.79 Å². The monoisotopic (exact) mass is 274 g/mol. The number of likely N-dealkylation sites (N-methyl/N-ethyl adjacent to an activating group) is 1. The molecular formula is C15H22N4O. The van der Waals surface area contributed by atoms with Crippen molar-refractivity contribution in [2.24, 2.45) is 0 Å². The summed E-state index contributed by atoms with van der Waals surface area (Å²) in [4.78, 5) is 25.5. The number of amides is 1. The molecule has 0 spiro atoms. The molecule has 108 valence electrons. The van der Waals surface area contributed by atoms with E-state index >= 15 is 0 Å². The van der Waals surface area contributed by atoms with E-state index in [1.807, 2.05) is 11.8 Å². The van der Waals surface area contributed by atoms with Crippen LogP contribution in [0.3, 0.4) is 0 Å². The van der Waals surface area contributed by atoms with Gasteiger partial charge in [0.1, 0.15) is 11.5 Å². The molecule has 20 heavy (non-hydrogen) atoms. The van der Waals surface area contributed by atoms with Crippen LogP contribution in [0.2, 0.25) is 0 Å². The van der Waals surface area contributed by atoms with Crippen molar-refractivity contribution >= 4 is 5.91 Å². The predicted octanol–water partition coefficient (Wildman–Crippen LogP) is 1.48. The Balaban J connectivity index is 1.79. The Morgan fingerprint density at radius 3 is 2.70 bits per heavy atom. The molecule has 5 heteroatoms. The second kappa shape index (κ2) is 5.48. The number of nitrogens with zero attached hydrogens (tertiary/aromatic N) is 4. The second-order valence-electron chi connectivity index (χ2n) is 5.89. The van der Waals surface area contributed by atoms with Crippen LogP contribution in [-0.4, -0.2) is 57.9 Å². The summed E-state index contributed by atoms with van der Waals surface area (Å²) in [5.74, 6) is 0.725. The summed E-state index contributed by atoms with van der Waals surface area (Å²) in [6.07, 6.45) is 6.33. The predicted molar refractivity (Wildman–Crippen MR) is 76.5 cm³/mol. The average molecular weight is 274 g/mol. The maximum Gasteiger partial charge on any atom is 0.272 e. The minimum atomic E-state index is 0.0679. The molecular weight excluding hydrogens is 252 g/mol. The van der Waals surface area contributed by atoms with Gasteiger partial charge in [-0.15, -0.1) is 0 Å². The number of aromatic nitrogens is 2. The zero-order chi connectivity index (χ0) is 14.1. The Morgan fingerprint density at radius 1 is 1.25 bits per heavy atom. The SMILES string of the molecule is Cc1nccc(C(=O)N2CCC[C@H]2[C@@H]2CCCN2C)n1. The third-order valence-corrected chi connectivity index (χ3v) is 4.58. The molecule has 0 radical (unpaired) electrons. The molecule has 0 unspecified atom stereocenters. The number of aryl methyl sites for hydroxylation is 1. The number of hydrogen-bond acceptors (Lipinski definition) is 4. The third kappa shape index (κ3) is 2.42. The largest absolute Gasteiger partial charge is 0.333 e. The topological polar surface area (TPSA) is 49.3 Å². The van der Waals surface area contributed by atoms with E-state index < -0.39 is 0 Å². The normalized spacial score (nSPS) is 27.2. The number of hydrogen-bond donors (Lipinski definition) is 0. The summed E-state index contributed by atoms with van der Waals surface area (Å²) in [7, 11) is 2.17. The van der Waals surface area contributed by atoms with Crippen LogP contribution >= 0.6 is 0 Å². The van der Waals surface area contributed by atoms with Crippen LogP contribution < -0.4 is 0 Å². The Morgan fingerprint density at radius 2 is 2.00 bits per heavy atom. The average Bonchev–Trinajstić information content (AvgIpc) is 3.06. The Labute approximate surface area is 120 Å². The molecule has 2 saturated heterocycles. The van der Waals surface area contributed by atoms with E-state index in [9.17, 15) is 4.79 Å². The van der Waals surface area contributed by atoms with Crippen molar-refractivity contribution in [3.8, 4) is 0 Å². The van der Waals surface area contributed by atoms with Gasteiger partial charge in [0, 0.05) is 24.8 Å². The van der Waals surface area contributed by atoms with Crippen molar-refractivity contribution in [3.63, 3.8) is 0 Å². The van der Waals surface area contributed by atoms with Crippen LogP contribution in [0.1, 0.15) is 42.0 Å². The molecule has 1 amide bonds. The zero-order valence-electron chi connectivity index (χ0n) is 12.2. The first kappa shape index (κ1) is 13.5. The molecule has 0 bridgehead atoms. The highest BCUT2D eigenvalue weighted by molar-refractivity contribution is 5.92. The molecule has 0 aromatic carbocycles. The lowest BCUT2D eigenvalue weighted by Crippen LogP contribution is -2.47. The molecule has 1 aromatic rings. The molecule has 2 atom stereocenters. The molecule has 3 heterocycles. The summed E-state index contributed by atoms with van der Waals surface area (Å²) in [5, 5.41) is 0. The van der Waals surface area contributed by atoms with Gasteiger partial charge in [-0.05, 0) is 52.3 Å². The van der Waals surface area contributed by atoms with Gasteiger partial charge in [0.05, 0.1) is 0 Å². The lowest BCUT2D eigenvalue weighted by Gasteiger charge is -2.33. The lowest BCUT2D eigenvalue weighted by molar-refractivity contribution is 0.0658. The summed E-state index contributed by atoms with van der Waals surface area (Å²) < 4.78 is 0. The highest BCUT2D eigenvalue weighted by Crippen LogP contribution is 2.29. The van der Waals surface area contributed by atoms with Gasteiger partial charge < -0.3 is 9.80 Å². The highest BCUT2D eigenvalue weighted by atomic mass is 16.2. The zero-order valence-corrected chi connectivity index (χ0v) is 12.2. The van der Waals surface area contributed by atoms with Crippen molar-refractivity contribution in [2.75, 3.05) is 20.1 Å². The molecule has 2 aliphatic rings. The van der Waals surface area contributed by atoms with Crippen LogP contribution in [-0.2, 0) is 0 Å². The van der Waals surface area contributed by atoms with E-state index in [0.717, 1.165) is 25.9 Å². The van der Waals surface area contributed by atoms with Crippen LogP contribution in [0.5, 0.6) is 0 Å². The number of carbonyl (C=O) groups is 1. The first-order chi connectivity index (χ1) is 9.66. The van der Waals surface area contributed by atoms with E-state index in [1.54, 1.807) is 12.3 Å². The first-order valence-corrected chi connectivity index (χ1v) is 7.47. The van der Waals surface area contributed by atoms with Crippen molar-refractivity contribution in [1.29, 1.82) is 0 Å². The molecule has 1 aromatic heterocycles. The van der Waals surface area contributed by atoms with Crippen molar-refractivity contribution in [1.82, 2.24) is 19.8 Å². The molecule has 2 aliphatic heterocycles. The molecule has 3 rings (SSSR count). The van der Waals surface area contributed by atoms with Gasteiger partial charge in [-0.2, -0.15) is 0 Å². The minimum absolute atomic E-state index is 0.0679. The highest BCUT2D eigenvalue weighted by Gasteiger charge is 2.38. The summed E-state index contributed by atoms with van der Waals surface area (Å²) in [5.41, 5.74) is 0.532. The standard InChI is InChI=1S/C15H22N4O/c1-11-16-8-7-12(17-11)15(20)19-10-4-6-14(19)13-5-3-9-18(13)2/h7-8,13-14H,3-6,9-10H2,1-2H3/t13-,14-/m0/s1. The lowest BCUT2D eigenvalue weighted by atomic mass is 10.0. The van der Waals surface area contributed by atoms with E-state index in [0.29, 0.717) is 23.6 Å². The van der Waals surface area contributed by atoms with Gasteiger partial charge >= 0.3 is 0 Å². The molecule has 0 aliphatic carbocycles. The van der Waals surface area contributed by atoms with Gasteiger partial charge in [-0.25, -0.2) is 9.97 Å². The minimum Gasteiger partial charge on any atom is -0.333 e. The van der Waals surface area contributed by atoms with Crippen LogP contribution in [0.15, 0.2) is 12.3 Å². The van der Waals surface area contributed by atoms with Gasteiger partial charge in [0.2, 0.25) is 0 Å². The summed E-state index contributed by atoms with van der Waals surface area (Å²) in [6.45, 7) is 3.83. The van der Waals surface area contributed by atoms with Gasteiger partial charge in [0.15, 0.2) is 0 Å². The molecule has 0 N–H and O–H groups in total. The Kier molecular flexibility index (Phi) is 3.70. The van der Waals surface area contributed by atoms with E-state index in [-0.39, 0.29) is 5.91 Å². The maximum absolute atomic E-state index is 12.7. The molecule has 5 nitrogen and oxygen atoms in total. The Hall–Kier alpha value is -1.49. The Bertz CT molecular complexity index is 504. The number of carbonyl (C=O) groups excluding carboxylic acids is 1. The van der Waals surface area contributed by atoms with Gasteiger partial charge in [-0.3, -0.25) is 4.79 Å². The fourth-order valence-corrected chi connectivity index (χ4v) is 3.59. The number of rotatable bonds is 2. The van der Waals surface area contributed by atoms with Crippen molar-refractivity contribution in [2.45, 2.75) is 44.7 Å². The fraction of sp³-hybridized carbons (Fsp3) is 0.667. The van der Waals surface area contributed by atoms with Crippen molar-refractivity contribution in [3.05, 3.63) is 23.8 Å². The smallest absolute Gasteiger partial charge is 0.272 e. The molecule has 2 fully saturated rings. The van der Waals surface area contributed by atoms with Crippen LogP contribution in [0.4, 0.5) is 0 Å². The van der Waals surface area contributed by atoms with Crippen LogP contribution in [0.25, 0.3) is 0 Å². The summed E-state index contributed by atoms with van der Waals surface area (Å²) >= 11 is 0. The second-order valence-corrected chi connectivity index (χ2v) is 5.89. The third-order valence-electron chi connectivity index (χ3n) is 4.58. The maximum atomic E-state index is 12.7. The summed E-state index contributed by atoms with van der Waals surface area (Å²) in [6, 6.07) is 2.60. The quantitative estimate of drug-likeness (QED) is 0.820. The van der Waals surface area contributed by atoms with E-state index in [1.165, 1.54) is 12.8 Å². The van der Waals surface area contributed by atoms with E-state index in [2.05, 4.69) is 21.9 Å².